The molecule has 0 aromatic heterocycles. The lowest BCUT2D eigenvalue weighted by Gasteiger charge is -2.23. The van der Waals surface area contributed by atoms with E-state index in [0.29, 0.717) is 19.3 Å². The first kappa shape index (κ1) is 17.7. The topological polar surface area (TPSA) is 34.1 Å². The Morgan fingerprint density at radius 1 is 0.944 bits per heavy atom. The minimum Gasteiger partial charge on any atom is -0.299 e. The van der Waals surface area contributed by atoms with Crippen molar-refractivity contribution < 1.29 is 9.59 Å². The fourth-order valence-corrected chi connectivity index (χ4v) is 2.26. The van der Waals surface area contributed by atoms with Gasteiger partial charge >= 0.3 is 0 Å². The summed E-state index contributed by atoms with van der Waals surface area (Å²) in [7, 11) is 0. The molecule has 0 unspecified atom stereocenters. The van der Waals surface area contributed by atoms with Crippen molar-refractivity contribution in [3.63, 3.8) is 0 Å². The van der Waals surface area contributed by atoms with Gasteiger partial charge in [0.25, 0.3) is 0 Å². The Bertz CT molecular complexity index is 293. The first-order chi connectivity index (χ1) is 8.17. The summed E-state index contributed by atoms with van der Waals surface area (Å²) in [5.74, 6) is 1.24. The minimum atomic E-state index is -0.301. The largest absolute Gasteiger partial charge is 0.299 e. The van der Waals surface area contributed by atoms with Crippen molar-refractivity contribution in [1.82, 2.24) is 0 Å². The maximum Gasteiger partial charge on any atom is 0.138 e. The fraction of sp³-hybridized carbons (Fsp3) is 0.867. The Kier molecular flexibility index (Phi) is 7.19. The van der Waals surface area contributed by atoms with Crippen LogP contribution in [0.3, 0.4) is 0 Å². The molecule has 3 heteroatoms. The van der Waals surface area contributed by atoms with E-state index in [0.717, 1.165) is 18.6 Å². The number of hydrogen-bond donors (Lipinski definition) is 1. The zero-order valence-electron chi connectivity index (χ0n) is 12.5. The Balaban J connectivity index is 4.14. The monoisotopic (exact) mass is 272 g/mol. The van der Waals surface area contributed by atoms with Gasteiger partial charge in [0.2, 0.25) is 0 Å². The predicted octanol–water partition coefficient (Wildman–Crippen LogP) is 4.08. The molecular formula is C15H28O2S. The molecule has 0 bridgehead atoms. The van der Waals surface area contributed by atoms with E-state index < -0.39 is 0 Å². The smallest absolute Gasteiger partial charge is 0.138 e. The van der Waals surface area contributed by atoms with Gasteiger partial charge in [0.15, 0.2) is 0 Å². The van der Waals surface area contributed by atoms with Crippen molar-refractivity contribution in [2.45, 2.75) is 66.7 Å². The highest BCUT2D eigenvalue weighted by Gasteiger charge is 2.28. The number of carbonyl (C=O) groups excluding carboxylic acids is 2. The van der Waals surface area contributed by atoms with Gasteiger partial charge in [-0.2, -0.15) is 12.6 Å². The van der Waals surface area contributed by atoms with E-state index >= 15 is 0 Å². The van der Waals surface area contributed by atoms with Gasteiger partial charge in [0.1, 0.15) is 11.6 Å². The second-order valence-electron chi connectivity index (χ2n) is 6.29. The van der Waals surface area contributed by atoms with Gasteiger partial charge in [-0.25, -0.2) is 0 Å². The first-order valence-corrected chi connectivity index (χ1v) is 7.48. The molecule has 0 amide bonds. The highest BCUT2D eigenvalue weighted by molar-refractivity contribution is 7.80. The van der Waals surface area contributed by atoms with Gasteiger partial charge in [-0.3, -0.25) is 9.59 Å². The molecule has 0 atom stereocenters. The summed E-state index contributed by atoms with van der Waals surface area (Å²) < 4.78 is 0. The number of ketones is 2. The van der Waals surface area contributed by atoms with Crippen LogP contribution < -0.4 is 0 Å². The Morgan fingerprint density at radius 2 is 1.39 bits per heavy atom. The molecular weight excluding hydrogens is 244 g/mol. The lowest BCUT2D eigenvalue weighted by atomic mass is 9.80. The number of thiol groups is 1. The minimum absolute atomic E-state index is 0.246. The molecule has 0 heterocycles. The summed E-state index contributed by atoms with van der Waals surface area (Å²) in [4.78, 5) is 23.9. The third kappa shape index (κ3) is 5.55. The summed E-state index contributed by atoms with van der Waals surface area (Å²) >= 11 is 4.18. The average molecular weight is 272 g/mol. The molecule has 0 N–H and O–H groups in total. The van der Waals surface area contributed by atoms with E-state index in [1.165, 1.54) is 0 Å². The number of Topliss-reactive ketones (excluding diaryl/α,β-unsaturated/α-hetero) is 2. The second-order valence-corrected chi connectivity index (χ2v) is 6.74. The molecule has 0 rings (SSSR count). The molecule has 0 radical (unpaired) electrons. The van der Waals surface area contributed by atoms with Gasteiger partial charge in [-0.1, -0.05) is 34.6 Å². The van der Waals surface area contributed by atoms with Gasteiger partial charge in [0, 0.05) is 23.7 Å². The molecule has 0 fully saturated rings. The molecule has 0 aliphatic heterocycles. The van der Waals surface area contributed by atoms with Crippen LogP contribution in [0, 0.1) is 10.8 Å². The highest BCUT2D eigenvalue weighted by atomic mass is 32.1. The second kappa shape index (κ2) is 7.32. The van der Waals surface area contributed by atoms with E-state index in [4.69, 9.17) is 0 Å². The van der Waals surface area contributed by atoms with Crippen LogP contribution in [0.1, 0.15) is 66.7 Å². The Labute approximate surface area is 117 Å². The zero-order valence-corrected chi connectivity index (χ0v) is 13.4. The lowest BCUT2D eigenvalue weighted by Crippen LogP contribution is -2.26. The zero-order chi connectivity index (χ0) is 14.4. The van der Waals surface area contributed by atoms with Crippen LogP contribution in [0.5, 0.6) is 0 Å². The molecule has 0 aromatic rings. The summed E-state index contributed by atoms with van der Waals surface area (Å²) in [5, 5.41) is 0. The molecule has 0 aliphatic carbocycles. The van der Waals surface area contributed by atoms with Crippen molar-refractivity contribution in [1.29, 1.82) is 0 Å². The van der Waals surface area contributed by atoms with Gasteiger partial charge in [-0.15, -0.1) is 0 Å². The van der Waals surface area contributed by atoms with Crippen molar-refractivity contribution in [3.05, 3.63) is 0 Å². The van der Waals surface area contributed by atoms with Crippen molar-refractivity contribution in [3.8, 4) is 0 Å². The molecule has 106 valence electrons. The van der Waals surface area contributed by atoms with E-state index in [1.807, 2.05) is 34.6 Å². The summed E-state index contributed by atoms with van der Waals surface area (Å²) in [6.45, 7) is 9.90. The first-order valence-electron chi connectivity index (χ1n) is 6.85. The number of carbonyl (C=O) groups is 2. The van der Waals surface area contributed by atoms with Crippen molar-refractivity contribution in [2.24, 2.45) is 10.8 Å². The summed E-state index contributed by atoms with van der Waals surface area (Å²) in [6, 6.07) is 0. The summed E-state index contributed by atoms with van der Waals surface area (Å²) in [5.41, 5.74) is -0.547. The van der Waals surface area contributed by atoms with E-state index in [2.05, 4.69) is 12.6 Å². The van der Waals surface area contributed by atoms with E-state index in [-0.39, 0.29) is 22.4 Å². The molecule has 0 saturated heterocycles. The van der Waals surface area contributed by atoms with Crippen LogP contribution in [0.25, 0.3) is 0 Å². The molecule has 18 heavy (non-hydrogen) atoms. The molecule has 0 aliphatic rings. The van der Waals surface area contributed by atoms with Crippen LogP contribution in [-0.2, 0) is 9.59 Å². The SMILES string of the molecule is CCC(C)(C)C(=O)CCCC(=O)C(C)(C)CCS. The third-order valence-electron chi connectivity index (χ3n) is 3.94. The predicted molar refractivity (Wildman–Crippen MR) is 80.2 cm³/mol. The molecule has 0 aromatic carbocycles. The lowest BCUT2D eigenvalue weighted by molar-refractivity contribution is -0.128. The van der Waals surface area contributed by atoms with Crippen LogP contribution in [0.15, 0.2) is 0 Å². The van der Waals surface area contributed by atoms with E-state index in [1.54, 1.807) is 0 Å². The number of hydrogen-bond acceptors (Lipinski definition) is 3. The molecule has 2 nitrogen and oxygen atoms in total. The molecule has 0 spiro atoms. The van der Waals surface area contributed by atoms with E-state index in [9.17, 15) is 9.59 Å². The van der Waals surface area contributed by atoms with Gasteiger partial charge in [-0.05, 0) is 25.0 Å². The Morgan fingerprint density at radius 3 is 1.78 bits per heavy atom. The van der Waals surface area contributed by atoms with Crippen molar-refractivity contribution >= 4 is 24.2 Å². The fourth-order valence-electron chi connectivity index (χ4n) is 1.70. The highest BCUT2D eigenvalue weighted by Crippen LogP contribution is 2.27. The maximum absolute atomic E-state index is 12.0. The maximum atomic E-state index is 12.0. The van der Waals surface area contributed by atoms with Crippen LogP contribution in [0.2, 0.25) is 0 Å². The Hall–Kier alpha value is -0.310. The number of rotatable bonds is 9. The van der Waals surface area contributed by atoms with Crippen LogP contribution in [-0.4, -0.2) is 17.3 Å². The third-order valence-corrected chi connectivity index (χ3v) is 4.16. The van der Waals surface area contributed by atoms with Gasteiger partial charge in [0.05, 0.1) is 0 Å². The van der Waals surface area contributed by atoms with Crippen LogP contribution >= 0.6 is 12.6 Å². The molecule has 0 saturated carbocycles. The normalized spacial score (nSPS) is 12.6. The van der Waals surface area contributed by atoms with Crippen LogP contribution in [0.4, 0.5) is 0 Å². The quantitative estimate of drug-likeness (QED) is 0.642. The van der Waals surface area contributed by atoms with Gasteiger partial charge < -0.3 is 0 Å². The summed E-state index contributed by atoms with van der Waals surface area (Å²) in [6.07, 6.45) is 3.35. The standard InChI is InChI=1S/C15H28O2S/c1-6-14(2,3)12(16)8-7-9-13(17)15(4,5)10-11-18/h18H,6-11H2,1-5H3. The van der Waals surface area contributed by atoms with Crippen molar-refractivity contribution in [2.75, 3.05) is 5.75 Å². The average Bonchev–Trinajstić information content (AvgIpc) is 2.28.